The van der Waals surface area contributed by atoms with E-state index in [1.807, 2.05) is 4.90 Å². The molecule has 2 amide bonds. The molecular weight excluding hydrogens is 301 g/mol. The van der Waals surface area contributed by atoms with Crippen molar-refractivity contribution in [2.75, 3.05) is 39.1 Å². The van der Waals surface area contributed by atoms with Crippen LogP contribution in [0.15, 0.2) is 12.4 Å². The summed E-state index contributed by atoms with van der Waals surface area (Å²) in [7, 11) is 3.52. The van der Waals surface area contributed by atoms with Crippen molar-refractivity contribution in [3.8, 4) is 0 Å². The molecule has 1 spiro atoms. The van der Waals surface area contributed by atoms with Gasteiger partial charge in [-0.2, -0.15) is 0 Å². The maximum atomic E-state index is 12.9. The lowest BCUT2D eigenvalue weighted by molar-refractivity contribution is -0.0430. The summed E-state index contributed by atoms with van der Waals surface area (Å²) in [6.07, 6.45) is 4.93. The Hall–Kier alpha value is -1.96. The van der Waals surface area contributed by atoms with Crippen molar-refractivity contribution < 1.29 is 13.9 Å². The summed E-state index contributed by atoms with van der Waals surface area (Å²) in [6, 6.07) is 0.0841. The van der Waals surface area contributed by atoms with E-state index in [1.165, 1.54) is 0 Å². The van der Waals surface area contributed by atoms with Crippen LogP contribution in [0.3, 0.4) is 0 Å². The second-order valence-corrected chi connectivity index (χ2v) is 6.47. The first-order valence-electron chi connectivity index (χ1n) is 7.82. The van der Waals surface area contributed by atoms with Crippen molar-refractivity contribution in [1.82, 2.24) is 19.8 Å². The van der Waals surface area contributed by atoms with Crippen molar-refractivity contribution in [3.05, 3.63) is 18.2 Å². The average molecular weight is 323 g/mol. The second kappa shape index (κ2) is 6.27. The number of likely N-dealkylation sites (tertiary alicyclic amines) is 1. The van der Waals surface area contributed by atoms with Gasteiger partial charge < -0.3 is 19.9 Å². The predicted octanol–water partition coefficient (Wildman–Crippen LogP) is 1.33. The molecule has 2 aliphatic heterocycles. The van der Waals surface area contributed by atoms with E-state index in [-0.39, 0.29) is 17.7 Å². The Balaban J connectivity index is 1.61. The molecule has 2 fully saturated rings. The molecule has 7 nitrogen and oxygen atoms in total. The Bertz CT molecular complexity index is 567. The number of carbonyl (C=O) groups is 1. The lowest BCUT2D eigenvalue weighted by atomic mass is 9.89. The van der Waals surface area contributed by atoms with E-state index < -0.39 is 5.82 Å². The Morgan fingerprint density at radius 2 is 2.22 bits per heavy atom. The molecule has 8 heteroatoms. The largest absolute Gasteiger partial charge is 0.371 e. The predicted molar refractivity (Wildman–Crippen MR) is 82.6 cm³/mol. The minimum atomic E-state index is -0.459. The number of halogens is 1. The molecule has 2 saturated heterocycles. The van der Waals surface area contributed by atoms with Crippen molar-refractivity contribution in [1.29, 1.82) is 0 Å². The van der Waals surface area contributed by atoms with Crippen LogP contribution in [0.2, 0.25) is 0 Å². The summed E-state index contributed by atoms with van der Waals surface area (Å²) in [4.78, 5) is 23.4. The monoisotopic (exact) mass is 323 g/mol. The van der Waals surface area contributed by atoms with Crippen LogP contribution in [0, 0.1) is 5.82 Å². The minimum Gasteiger partial charge on any atom is -0.371 e. The van der Waals surface area contributed by atoms with Gasteiger partial charge in [0.25, 0.3) is 0 Å². The fraction of sp³-hybridized carbons (Fsp3) is 0.667. The van der Waals surface area contributed by atoms with Crippen LogP contribution < -0.4 is 5.32 Å². The number of nitrogens with one attached hydrogen (secondary N) is 1. The number of carbonyl (C=O) groups excluding carboxylic acids is 1. The topological polar surface area (TPSA) is 70.6 Å². The number of hydrogen-bond donors (Lipinski definition) is 1. The number of rotatable bonds is 2. The molecule has 0 bridgehead atoms. The number of anilines is 1. The molecule has 1 aromatic rings. The zero-order valence-corrected chi connectivity index (χ0v) is 13.5. The molecule has 0 aliphatic carbocycles. The van der Waals surface area contributed by atoms with Gasteiger partial charge >= 0.3 is 6.03 Å². The molecule has 126 valence electrons. The van der Waals surface area contributed by atoms with Gasteiger partial charge in [0, 0.05) is 27.1 Å². The maximum Gasteiger partial charge on any atom is 0.319 e. The van der Waals surface area contributed by atoms with Crippen molar-refractivity contribution in [2.24, 2.45) is 0 Å². The Morgan fingerprint density at radius 3 is 2.91 bits per heavy atom. The fourth-order valence-corrected chi connectivity index (χ4v) is 3.33. The van der Waals surface area contributed by atoms with E-state index in [9.17, 15) is 9.18 Å². The zero-order valence-electron chi connectivity index (χ0n) is 13.5. The third kappa shape index (κ3) is 3.52. The van der Waals surface area contributed by atoms with E-state index in [0.717, 1.165) is 38.2 Å². The van der Waals surface area contributed by atoms with Gasteiger partial charge in [0.2, 0.25) is 5.95 Å². The lowest BCUT2D eigenvalue weighted by Crippen LogP contribution is -2.52. The first kappa shape index (κ1) is 15.9. The van der Waals surface area contributed by atoms with Gasteiger partial charge in [0.1, 0.15) is 0 Å². The summed E-state index contributed by atoms with van der Waals surface area (Å²) >= 11 is 0. The molecule has 2 aliphatic rings. The number of nitrogens with zero attached hydrogens (tertiary/aromatic N) is 4. The third-order valence-corrected chi connectivity index (χ3v) is 4.36. The number of piperidine rings is 1. The third-order valence-electron chi connectivity index (χ3n) is 4.36. The van der Waals surface area contributed by atoms with Crippen molar-refractivity contribution in [3.63, 3.8) is 0 Å². The van der Waals surface area contributed by atoms with Crippen LogP contribution in [0.5, 0.6) is 0 Å². The molecule has 0 radical (unpaired) electrons. The summed E-state index contributed by atoms with van der Waals surface area (Å²) in [5, 5.41) is 3.18. The van der Waals surface area contributed by atoms with Gasteiger partial charge in [-0.25, -0.2) is 19.2 Å². The molecule has 3 rings (SSSR count). The minimum absolute atomic E-state index is 0.0194. The van der Waals surface area contributed by atoms with E-state index >= 15 is 0 Å². The normalized spacial score (nSPS) is 27.3. The SMILES string of the molecule is CN(C)C(=O)N1CCCC2(CC(Nc3ncc(F)cn3)CO2)C1. The zero-order chi connectivity index (χ0) is 16.4. The second-order valence-electron chi connectivity index (χ2n) is 6.47. The quantitative estimate of drug-likeness (QED) is 0.889. The Labute approximate surface area is 134 Å². The molecule has 3 heterocycles. The molecular formula is C15H22FN5O2. The highest BCUT2D eigenvalue weighted by Crippen LogP contribution is 2.35. The number of urea groups is 1. The van der Waals surface area contributed by atoms with Crippen molar-refractivity contribution in [2.45, 2.75) is 30.9 Å². The highest BCUT2D eigenvalue weighted by atomic mass is 19.1. The highest BCUT2D eigenvalue weighted by molar-refractivity contribution is 5.74. The Morgan fingerprint density at radius 1 is 1.48 bits per heavy atom. The summed E-state index contributed by atoms with van der Waals surface area (Å²) < 4.78 is 18.9. The molecule has 23 heavy (non-hydrogen) atoms. The van der Waals surface area contributed by atoms with Gasteiger partial charge in [-0.05, 0) is 12.8 Å². The average Bonchev–Trinajstić information content (AvgIpc) is 2.91. The Kier molecular flexibility index (Phi) is 4.34. The van der Waals surface area contributed by atoms with Gasteiger partial charge in [0.15, 0.2) is 5.82 Å². The van der Waals surface area contributed by atoms with Crippen LogP contribution in [-0.2, 0) is 4.74 Å². The molecule has 0 saturated carbocycles. The maximum absolute atomic E-state index is 12.9. The highest BCUT2D eigenvalue weighted by Gasteiger charge is 2.44. The molecule has 0 aromatic carbocycles. The van der Waals surface area contributed by atoms with Gasteiger partial charge in [-0.3, -0.25) is 0 Å². The van der Waals surface area contributed by atoms with Crippen LogP contribution in [0.4, 0.5) is 15.1 Å². The lowest BCUT2D eigenvalue weighted by Gasteiger charge is -2.40. The molecule has 2 unspecified atom stereocenters. The van der Waals surface area contributed by atoms with Crippen LogP contribution in [0.1, 0.15) is 19.3 Å². The number of amides is 2. The standard InChI is InChI=1S/C15H22FN5O2/c1-20(2)14(22)21-5-3-4-15(10-21)6-12(9-23-15)19-13-17-7-11(16)8-18-13/h7-8,12H,3-6,9-10H2,1-2H3,(H,17,18,19). The summed E-state index contributed by atoms with van der Waals surface area (Å²) in [5.74, 6) is -0.0612. The van der Waals surface area contributed by atoms with Crippen LogP contribution >= 0.6 is 0 Å². The van der Waals surface area contributed by atoms with E-state index in [1.54, 1.807) is 19.0 Å². The number of hydrogen-bond acceptors (Lipinski definition) is 5. The first-order chi connectivity index (χ1) is 11.0. The molecule has 1 aromatic heterocycles. The molecule has 1 N–H and O–H groups in total. The summed E-state index contributed by atoms with van der Waals surface area (Å²) in [5.41, 5.74) is -0.304. The number of aromatic nitrogens is 2. The van der Waals surface area contributed by atoms with Gasteiger partial charge in [-0.1, -0.05) is 0 Å². The van der Waals surface area contributed by atoms with Crippen LogP contribution in [0.25, 0.3) is 0 Å². The smallest absolute Gasteiger partial charge is 0.319 e. The van der Waals surface area contributed by atoms with Crippen molar-refractivity contribution >= 4 is 12.0 Å². The first-order valence-corrected chi connectivity index (χ1v) is 7.82. The molecule has 2 atom stereocenters. The van der Waals surface area contributed by atoms with Crippen LogP contribution in [-0.4, -0.2) is 71.2 Å². The fourth-order valence-electron chi connectivity index (χ4n) is 3.33. The van der Waals surface area contributed by atoms with Gasteiger partial charge in [-0.15, -0.1) is 0 Å². The van der Waals surface area contributed by atoms with E-state index in [4.69, 9.17) is 4.74 Å². The van der Waals surface area contributed by atoms with Gasteiger partial charge in [0.05, 0.1) is 37.2 Å². The number of ether oxygens (including phenoxy) is 1. The summed E-state index contributed by atoms with van der Waals surface area (Å²) in [6.45, 7) is 1.90. The van der Waals surface area contributed by atoms with E-state index in [0.29, 0.717) is 19.1 Å². The van der Waals surface area contributed by atoms with E-state index in [2.05, 4.69) is 15.3 Å².